The first-order valence-electron chi connectivity index (χ1n) is 14.6. The Balaban J connectivity index is 1.42. The molecule has 0 saturated carbocycles. The number of fused-ring (bicyclic) bond motifs is 1. The minimum absolute atomic E-state index is 0.0258. The zero-order valence-electron chi connectivity index (χ0n) is 25.7. The van der Waals surface area contributed by atoms with Crippen molar-refractivity contribution in [1.82, 2.24) is 4.98 Å². The second kappa shape index (κ2) is 13.6. The Bertz CT molecular complexity index is 1850. The number of rotatable bonds is 9. The molecule has 0 unspecified atom stereocenters. The van der Waals surface area contributed by atoms with E-state index < -0.39 is 17.6 Å². The first-order valence-corrected chi connectivity index (χ1v) is 15.8. The molecule has 1 heterocycles. The van der Waals surface area contributed by atoms with E-state index in [9.17, 15) is 18.0 Å². The number of alkyl halides is 3. The Morgan fingerprint density at radius 2 is 1.63 bits per heavy atom. The van der Waals surface area contributed by atoms with Gasteiger partial charge in [0, 0.05) is 6.08 Å². The molecule has 0 saturated heterocycles. The van der Waals surface area contributed by atoms with E-state index in [1.54, 1.807) is 36.4 Å². The summed E-state index contributed by atoms with van der Waals surface area (Å²) in [6.07, 6.45) is -1.81. The van der Waals surface area contributed by atoms with E-state index in [2.05, 4.69) is 37.9 Å². The van der Waals surface area contributed by atoms with E-state index in [0.29, 0.717) is 35.8 Å². The predicted octanol–water partition coefficient (Wildman–Crippen LogP) is 10.6. The number of para-hydroxylation sites is 1. The molecule has 0 bridgehead atoms. The third kappa shape index (κ3) is 7.71. The van der Waals surface area contributed by atoms with Crippen LogP contribution in [0.5, 0.6) is 11.5 Å². The molecule has 0 radical (unpaired) electrons. The van der Waals surface area contributed by atoms with Gasteiger partial charge in [0.15, 0.2) is 16.6 Å². The summed E-state index contributed by atoms with van der Waals surface area (Å²) in [7, 11) is 0. The Morgan fingerprint density at radius 3 is 2.30 bits per heavy atom. The molecule has 5 nitrogen and oxygen atoms in total. The highest BCUT2D eigenvalue weighted by molar-refractivity contribution is 7.22. The first kappa shape index (κ1) is 33.0. The summed E-state index contributed by atoms with van der Waals surface area (Å²) in [5.41, 5.74) is 2.46. The van der Waals surface area contributed by atoms with E-state index in [0.717, 1.165) is 33.4 Å². The van der Waals surface area contributed by atoms with Gasteiger partial charge >= 0.3 is 6.18 Å². The molecule has 4 aromatic carbocycles. The van der Waals surface area contributed by atoms with Crippen LogP contribution in [0.4, 0.5) is 24.0 Å². The van der Waals surface area contributed by atoms with Gasteiger partial charge in [-0.05, 0) is 77.6 Å². The monoisotopic (exact) mass is 664 g/mol. The van der Waals surface area contributed by atoms with Gasteiger partial charge in [0.25, 0.3) is 5.91 Å². The van der Waals surface area contributed by atoms with Gasteiger partial charge in [-0.2, -0.15) is 13.2 Å². The number of carbonyl (C=O) groups excluding carboxylic acids is 1. The SMILES string of the molecule is CCOc1cc(C=CC(=O)N(c2nc3ccccc3s2)c2cc(C(F)(F)F)ccc2Cl)ccc1OCc1ccc(C(C)(C)C)cc1. The van der Waals surface area contributed by atoms with Crippen LogP contribution >= 0.6 is 22.9 Å². The van der Waals surface area contributed by atoms with E-state index in [1.807, 2.05) is 31.2 Å². The normalized spacial score (nSPS) is 12.1. The van der Waals surface area contributed by atoms with E-state index in [1.165, 1.54) is 23.0 Å². The summed E-state index contributed by atoms with van der Waals surface area (Å²) >= 11 is 7.56. The average molecular weight is 665 g/mol. The summed E-state index contributed by atoms with van der Waals surface area (Å²) in [6, 6.07) is 23.6. The molecule has 0 fully saturated rings. The molecule has 1 aromatic heterocycles. The number of amides is 1. The van der Waals surface area contributed by atoms with Gasteiger partial charge < -0.3 is 9.47 Å². The summed E-state index contributed by atoms with van der Waals surface area (Å²) in [4.78, 5) is 19.4. The fourth-order valence-electron chi connectivity index (χ4n) is 4.65. The molecule has 1 amide bonds. The van der Waals surface area contributed by atoms with E-state index >= 15 is 0 Å². The molecule has 0 atom stereocenters. The number of carbonyl (C=O) groups is 1. The van der Waals surface area contributed by atoms with Crippen LogP contribution in [0.1, 0.15) is 49.9 Å². The molecule has 0 spiro atoms. The first-order chi connectivity index (χ1) is 21.8. The van der Waals surface area contributed by atoms with Gasteiger partial charge in [0.05, 0.1) is 33.1 Å². The number of ether oxygens (including phenoxy) is 2. The summed E-state index contributed by atoms with van der Waals surface area (Å²) in [5.74, 6) is 0.404. The molecule has 238 valence electrons. The highest BCUT2D eigenvalue weighted by Crippen LogP contribution is 2.41. The smallest absolute Gasteiger partial charge is 0.416 e. The van der Waals surface area contributed by atoms with Crippen molar-refractivity contribution < 1.29 is 27.4 Å². The highest BCUT2D eigenvalue weighted by atomic mass is 35.5. The molecule has 5 aromatic rings. The van der Waals surface area contributed by atoms with Crippen molar-refractivity contribution in [3.8, 4) is 11.5 Å². The average Bonchev–Trinajstić information content (AvgIpc) is 3.43. The van der Waals surface area contributed by atoms with Gasteiger partial charge in [-0.25, -0.2) is 4.98 Å². The summed E-state index contributed by atoms with van der Waals surface area (Å²) in [6.45, 7) is 9.07. The third-order valence-corrected chi connectivity index (χ3v) is 8.45. The highest BCUT2D eigenvalue weighted by Gasteiger charge is 2.33. The quantitative estimate of drug-likeness (QED) is 0.147. The topological polar surface area (TPSA) is 51.7 Å². The van der Waals surface area contributed by atoms with Crippen molar-refractivity contribution in [2.24, 2.45) is 0 Å². The zero-order chi connectivity index (χ0) is 33.1. The van der Waals surface area contributed by atoms with Crippen LogP contribution in [0, 0.1) is 0 Å². The Labute approximate surface area is 274 Å². The molecular weight excluding hydrogens is 633 g/mol. The molecule has 10 heteroatoms. The van der Waals surface area contributed by atoms with Gasteiger partial charge in [-0.1, -0.05) is 86.2 Å². The lowest BCUT2D eigenvalue weighted by Crippen LogP contribution is -2.24. The van der Waals surface area contributed by atoms with Gasteiger partial charge in [0.1, 0.15) is 6.61 Å². The van der Waals surface area contributed by atoms with Crippen molar-refractivity contribution in [2.45, 2.75) is 45.9 Å². The van der Waals surface area contributed by atoms with Crippen molar-refractivity contribution in [3.63, 3.8) is 0 Å². The molecular formula is C36H32ClF3N2O3S. The zero-order valence-corrected chi connectivity index (χ0v) is 27.3. The second-order valence-electron chi connectivity index (χ2n) is 11.5. The maximum atomic E-state index is 13.7. The largest absolute Gasteiger partial charge is 0.490 e. The Kier molecular flexibility index (Phi) is 9.74. The van der Waals surface area contributed by atoms with E-state index in [-0.39, 0.29) is 21.3 Å². The van der Waals surface area contributed by atoms with E-state index in [4.69, 9.17) is 21.1 Å². The standard InChI is InChI=1S/C36H32ClF3N2O3S/c1-5-44-31-20-23(12-18-30(31)45-22-24-10-14-25(15-11-24)35(2,3)4)13-19-33(43)42(34-41-28-8-6-7-9-32(28)46-34)29-21-26(36(38,39)40)16-17-27(29)37/h6-21H,5,22H2,1-4H3. The second-order valence-corrected chi connectivity index (χ2v) is 12.9. The number of aromatic nitrogens is 1. The third-order valence-electron chi connectivity index (χ3n) is 7.11. The number of halogens is 4. The molecule has 46 heavy (non-hydrogen) atoms. The lowest BCUT2D eigenvalue weighted by atomic mass is 9.87. The molecule has 0 aliphatic rings. The van der Waals surface area contributed by atoms with Crippen molar-refractivity contribution >= 4 is 56.0 Å². The number of hydrogen-bond donors (Lipinski definition) is 0. The number of thiazole rings is 1. The van der Waals surface area contributed by atoms with Gasteiger partial charge in [0.2, 0.25) is 0 Å². The van der Waals surface area contributed by atoms with Crippen LogP contribution in [0.3, 0.4) is 0 Å². The van der Waals surface area contributed by atoms with Crippen LogP contribution < -0.4 is 14.4 Å². The van der Waals surface area contributed by atoms with Crippen LogP contribution in [-0.4, -0.2) is 17.5 Å². The fourth-order valence-corrected chi connectivity index (χ4v) is 5.84. The van der Waals surface area contributed by atoms with Gasteiger partial charge in [-0.15, -0.1) is 0 Å². The van der Waals surface area contributed by atoms with Gasteiger partial charge in [-0.3, -0.25) is 9.69 Å². The number of anilines is 2. The predicted molar refractivity (Wildman–Crippen MR) is 179 cm³/mol. The number of benzene rings is 4. The summed E-state index contributed by atoms with van der Waals surface area (Å²) in [5, 5.41) is 0.161. The lowest BCUT2D eigenvalue weighted by molar-refractivity contribution is -0.137. The van der Waals surface area contributed by atoms with Crippen LogP contribution in [0.2, 0.25) is 5.02 Å². The van der Waals surface area contributed by atoms with Crippen LogP contribution in [0.15, 0.2) is 91.0 Å². The lowest BCUT2D eigenvalue weighted by Gasteiger charge is -2.21. The Morgan fingerprint density at radius 1 is 0.913 bits per heavy atom. The minimum atomic E-state index is -4.63. The number of hydrogen-bond acceptors (Lipinski definition) is 5. The van der Waals surface area contributed by atoms with Crippen molar-refractivity contribution in [1.29, 1.82) is 0 Å². The summed E-state index contributed by atoms with van der Waals surface area (Å²) < 4.78 is 53.6. The molecule has 0 aliphatic heterocycles. The molecule has 5 rings (SSSR count). The van der Waals surface area contributed by atoms with Crippen LogP contribution in [-0.2, 0) is 23.0 Å². The van der Waals surface area contributed by atoms with Crippen LogP contribution in [0.25, 0.3) is 16.3 Å². The maximum absolute atomic E-state index is 13.7. The van der Waals surface area contributed by atoms with Crippen molar-refractivity contribution in [3.05, 3.63) is 118 Å². The minimum Gasteiger partial charge on any atom is -0.490 e. The maximum Gasteiger partial charge on any atom is 0.416 e. The number of nitrogens with zero attached hydrogens (tertiary/aromatic N) is 2. The Hall–Kier alpha value is -4.34. The van der Waals surface area contributed by atoms with Crippen molar-refractivity contribution in [2.75, 3.05) is 11.5 Å². The molecule has 0 aliphatic carbocycles. The fraction of sp³-hybridized carbons (Fsp3) is 0.222. The molecule has 0 N–H and O–H groups in total.